The first-order chi connectivity index (χ1) is 11.8. The molecule has 130 valence electrons. The molecular weight excluding hydrogens is 304 g/mol. The second-order valence-corrected chi connectivity index (χ2v) is 5.26. The molecular formula is C18H26N4O2. The van der Waals surface area contributed by atoms with Crippen LogP contribution < -0.4 is 15.4 Å². The zero-order valence-electron chi connectivity index (χ0n) is 14.4. The Morgan fingerprint density at radius 1 is 1.08 bits per heavy atom. The van der Waals surface area contributed by atoms with Crippen molar-refractivity contribution in [3.05, 3.63) is 54.4 Å². The largest absolute Gasteiger partial charge is 0.491 e. The van der Waals surface area contributed by atoms with Crippen molar-refractivity contribution in [2.75, 3.05) is 33.9 Å². The lowest BCUT2D eigenvalue weighted by Gasteiger charge is -2.13. The van der Waals surface area contributed by atoms with Gasteiger partial charge in [0.2, 0.25) is 0 Å². The van der Waals surface area contributed by atoms with Crippen LogP contribution in [-0.4, -0.2) is 44.4 Å². The zero-order chi connectivity index (χ0) is 17.0. The quantitative estimate of drug-likeness (QED) is 0.419. The van der Waals surface area contributed by atoms with E-state index in [0.717, 1.165) is 24.8 Å². The SMILES string of the molecule is CN=C(NCCn1cccc1)NCc1ccc(OCCOC)cc1. The Labute approximate surface area is 143 Å². The van der Waals surface area contributed by atoms with E-state index in [9.17, 15) is 0 Å². The minimum atomic E-state index is 0.562. The standard InChI is InChI=1S/C18H26N4O2/c1-19-18(20-9-12-22-10-3-4-11-22)21-15-16-5-7-17(8-6-16)24-14-13-23-2/h3-8,10-11H,9,12-15H2,1-2H3,(H2,19,20,21). The lowest BCUT2D eigenvalue weighted by Crippen LogP contribution is -2.38. The highest BCUT2D eigenvalue weighted by molar-refractivity contribution is 5.79. The van der Waals surface area contributed by atoms with Crippen LogP contribution in [-0.2, 0) is 17.8 Å². The van der Waals surface area contributed by atoms with Gasteiger partial charge in [-0.25, -0.2) is 0 Å². The van der Waals surface area contributed by atoms with Gasteiger partial charge in [-0.2, -0.15) is 0 Å². The second kappa shape index (κ2) is 10.3. The Balaban J connectivity index is 1.70. The van der Waals surface area contributed by atoms with Gasteiger partial charge in [0.15, 0.2) is 5.96 Å². The summed E-state index contributed by atoms with van der Waals surface area (Å²) >= 11 is 0. The van der Waals surface area contributed by atoms with Crippen molar-refractivity contribution in [2.45, 2.75) is 13.1 Å². The van der Waals surface area contributed by atoms with Crippen LogP contribution in [0.2, 0.25) is 0 Å². The van der Waals surface area contributed by atoms with Crippen molar-refractivity contribution >= 4 is 5.96 Å². The van der Waals surface area contributed by atoms with E-state index in [4.69, 9.17) is 9.47 Å². The predicted octanol–water partition coefficient (Wildman–Crippen LogP) is 1.88. The Morgan fingerprint density at radius 3 is 2.50 bits per heavy atom. The lowest BCUT2D eigenvalue weighted by molar-refractivity contribution is 0.146. The van der Waals surface area contributed by atoms with Crippen molar-refractivity contribution in [1.82, 2.24) is 15.2 Å². The fourth-order valence-corrected chi connectivity index (χ4v) is 2.18. The van der Waals surface area contributed by atoms with Gasteiger partial charge in [-0.05, 0) is 29.8 Å². The number of methoxy groups -OCH3 is 1. The maximum Gasteiger partial charge on any atom is 0.191 e. The predicted molar refractivity (Wildman–Crippen MR) is 96.4 cm³/mol. The molecule has 0 aliphatic heterocycles. The number of nitrogens with one attached hydrogen (secondary N) is 2. The monoisotopic (exact) mass is 330 g/mol. The number of benzene rings is 1. The molecule has 0 spiro atoms. The van der Waals surface area contributed by atoms with Crippen LogP contribution >= 0.6 is 0 Å². The molecule has 0 fully saturated rings. The number of hydrogen-bond acceptors (Lipinski definition) is 3. The Kier molecular flexibility index (Phi) is 7.70. The molecule has 2 aromatic rings. The summed E-state index contributed by atoms with van der Waals surface area (Å²) in [6, 6.07) is 12.1. The van der Waals surface area contributed by atoms with E-state index in [2.05, 4.69) is 20.2 Å². The average Bonchev–Trinajstić information content (AvgIpc) is 3.13. The maximum atomic E-state index is 5.55. The van der Waals surface area contributed by atoms with Crippen LogP contribution in [0.15, 0.2) is 53.8 Å². The van der Waals surface area contributed by atoms with Crippen LogP contribution in [0.25, 0.3) is 0 Å². The third-order valence-corrected chi connectivity index (χ3v) is 3.49. The summed E-state index contributed by atoms with van der Waals surface area (Å²) in [5.41, 5.74) is 1.17. The summed E-state index contributed by atoms with van der Waals surface area (Å²) in [5.74, 6) is 1.65. The molecule has 1 aromatic carbocycles. The molecule has 0 saturated carbocycles. The van der Waals surface area contributed by atoms with Gasteiger partial charge in [0, 0.05) is 46.2 Å². The van der Waals surface area contributed by atoms with Crippen molar-refractivity contribution in [3.8, 4) is 5.75 Å². The molecule has 0 amide bonds. The van der Waals surface area contributed by atoms with Gasteiger partial charge >= 0.3 is 0 Å². The Bertz CT molecular complexity index is 594. The van der Waals surface area contributed by atoms with E-state index in [1.807, 2.05) is 48.8 Å². The van der Waals surface area contributed by atoms with E-state index in [0.29, 0.717) is 19.8 Å². The molecule has 0 saturated heterocycles. The maximum absolute atomic E-state index is 5.55. The van der Waals surface area contributed by atoms with Crippen molar-refractivity contribution in [2.24, 2.45) is 4.99 Å². The highest BCUT2D eigenvalue weighted by Gasteiger charge is 1.99. The van der Waals surface area contributed by atoms with Crippen LogP contribution in [0.1, 0.15) is 5.56 Å². The summed E-state index contributed by atoms with van der Waals surface area (Å²) in [5, 5.41) is 6.61. The van der Waals surface area contributed by atoms with Crippen molar-refractivity contribution in [1.29, 1.82) is 0 Å². The fourth-order valence-electron chi connectivity index (χ4n) is 2.18. The average molecular weight is 330 g/mol. The molecule has 1 aromatic heterocycles. The molecule has 0 unspecified atom stereocenters. The molecule has 0 aliphatic rings. The molecule has 1 heterocycles. The Morgan fingerprint density at radius 2 is 1.83 bits per heavy atom. The summed E-state index contributed by atoms with van der Waals surface area (Å²) < 4.78 is 12.6. The van der Waals surface area contributed by atoms with Crippen LogP contribution in [0, 0.1) is 0 Å². The van der Waals surface area contributed by atoms with Crippen LogP contribution in [0.4, 0.5) is 0 Å². The van der Waals surface area contributed by atoms with E-state index >= 15 is 0 Å². The zero-order valence-corrected chi connectivity index (χ0v) is 14.4. The van der Waals surface area contributed by atoms with Gasteiger partial charge in [-0.15, -0.1) is 0 Å². The van der Waals surface area contributed by atoms with Gasteiger partial charge < -0.3 is 24.7 Å². The molecule has 0 bridgehead atoms. The third kappa shape index (κ3) is 6.34. The summed E-state index contributed by atoms with van der Waals surface area (Å²) in [6.07, 6.45) is 4.10. The molecule has 2 N–H and O–H groups in total. The number of aromatic nitrogens is 1. The minimum absolute atomic E-state index is 0.562. The first kappa shape index (κ1) is 17.9. The molecule has 6 nitrogen and oxygen atoms in total. The van der Waals surface area contributed by atoms with Gasteiger partial charge in [0.1, 0.15) is 12.4 Å². The van der Waals surface area contributed by atoms with Gasteiger partial charge in [-0.3, -0.25) is 4.99 Å². The van der Waals surface area contributed by atoms with Gasteiger partial charge in [0.05, 0.1) is 6.61 Å². The smallest absolute Gasteiger partial charge is 0.191 e. The van der Waals surface area contributed by atoms with Crippen molar-refractivity contribution in [3.63, 3.8) is 0 Å². The molecule has 2 rings (SSSR count). The minimum Gasteiger partial charge on any atom is -0.491 e. The summed E-state index contributed by atoms with van der Waals surface area (Å²) in [6.45, 7) is 3.59. The molecule has 0 atom stereocenters. The lowest BCUT2D eigenvalue weighted by atomic mass is 10.2. The van der Waals surface area contributed by atoms with Crippen LogP contribution in [0.5, 0.6) is 5.75 Å². The molecule has 24 heavy (non-hydrogen) atoms. The second-order valence-electron chi connectivity index (χ2n) is 5.26. The highest BCUT2D eigenvalue weighted by atomic mass is 16.5. The first-order valence-electron chi connectivity index (χ1n) is 8.08. The first-order valence-corrected chi connectivity index (χ1v) is 8.08. The number of guanidine groups is 1. The fraction of sp³-hybridized carbons (Fsp3) is 0.389. The third-order valence-electron chi connectivity index (χ3n) is 3.49. The van der Waals surface area contributed by atoms with E-state index < -0.39 is 0 Å². The number of nitrogens with zero attached hydrogens (tertiary/aromatic N) is 2. The number of hydrogen-bond donors (Lipinski definition) is 2. The topological polar surface area (TPSA) is 59.8 Å². The summed E-state index contributed by atoms with van der Waals surface area (Å²) in [7, 11) is 3.44. The molecule has 0 radical (unpaired) electrons. The normalized spacial score (nSPS) is 11.3. The van der Waals surface area contributed by atoms with Crippen molar-refractivity contribution < 1.29 is 9.47 Å². The number of ether oxygens (including phenoxy) is 2. The highest BCUT2D eigenvalue weighted by Crippen LogP contribution is 2.11. The van der Waals surface area contributed by atoms with E-state index in [1.54, 1.807) is 14.2 Å². The molecule has 6 heteroatoms. The van der Waals surface area contributed by atoms with Gasteiger partial charge in [-0.1, -0.05) is 12.1 Å². The van der Waals surface area contributed by atoms with E-state index in [1.165, 1.54) is 5.56 Å². The molecule has 0 aliphatic carbocycles. The van der Waals surface area contributed by atoms with E-state index in [-0.39, 0.29) is 0 Å². The number of rotatable bonds is 9. The number of aliphatic imine (C=N–C) groups is 1. The summed E-state index contributed by atoms with van der Waals surface area (Å²) in [4.78, 5) is 4.24. The van der Waals surface area contributed by atoms with Gasteiger partial charge in [0.25, 0.3) is 0 Å². The Hall–Kier alpha value is -2.47. The van der Waals surface area contributed by atoms with Crippen LogP contribution in [0.3, 0.4) is 0 Å².